The summed E-state index contributed by atoms with van der Waals surface area (Å²) in [5.74, 6) is -0.486. The largest absolute Gasteiger partial charge is 1.00 e. The van der Waals surface area contributed by atoms with E-state index in [1.54, 1.807) is 30.1 Å². The molecule has 0 radical (unpaired) electrons. The van der Waals surface area contributed by atoms with Crippen molar-refractivity contribution in [2.75, 3.05) is 20.1 Å². The molecule has 7 heteroatoms. The van der Waals surface area contributed by atoms with Gasteiger partial charge in [-0.1, -0.05) is 53.5 Å². The quantitative estimate of drug-likeness (QED) is 0.620. The van der Waals surface area contributed by atoms with E-state index >= 15 is 0 Å². The van der Waals surface area contributed by atoms with Crippen LogP contribution in [0.2, 0.25) is 10.0 Å². The molecule has 4 nitrogen and oxygen atoms in total. The van der Waals surface area contributed by atoms with Gasteiger partial charge >= 0.3 is 18.9 Å². The van der Waals surface area contributed by atoms with Gasteiger partial charge in [0.05, 0.1) is 16.0 Å². The number of benzene rings is 2. The van der Waals surface area contributed by atoms with Gasteiger partial charge in [-0.15, -0.1) is 0 Å². The maximum absolute atomic E-state index is 10.7. The summed E-state index contributed by atoms with van der Waals surface area (Å²) in [6.45, 7) is 0.434. The Labute approximate surface area is 169 Å². The van der Waals surface area contributed by atoms with E-state index in [2.05, 4.69) is 0 Å². The zero-order valence-corrected chi connectivity index (χ0v) is 15.8. The van der Waals surface area contributed by atoms with Crippen molar-refractivity contribution in [2.24, 2.45) is 0 Å². The predicted molar refractivity (Wildman–Crippen MR) is 93.4 cm³/mol. The van der Waals surface area contributed by atoms with Crippen LogP contribution in [0.5, 0.6) is 5.75 Å². The van der Waals surface area contributed by atoms with Crippen molar-refractivity contribution >= 4 is 29.2 Å². The average molecular weight is 374 g/mol. The average Bonchev–Trinajstić information content (AvgIpc) is 2.55. The van der Waals surface area contributed by atoms with Crippen molar-refractivity contribution in [3.05, 3.63) is 64.1 Å². The van der Waals surface area contributed by atoms with Crippen molar-refractivity contribution in [2.45, 2.75) is 12.5 Å². The first-order valence-corrected chi connectivity index (χ1v) is 8.26. The Morgan fingerprint density at radius 3 is 2.44 bits per heavy atom. The van der Waals surface area contributed by atoms with E-state index in [4.69, 9.17) is 27.9 Å². The van der Waals surface area contributed by atoms with Crippen LogP contribution in [0, 0.1) is 0 Å². The minimum Gasteiger partial charge on any atom is -0.549 e. The Morgan fingerprint density at radius 2 is 1.84 bits per heavy atom. The van der Waals surface area contributed by atoms with Crippen molar-refractivity contribution in [3.63, 3.8) is 0 Å². The molecule has 128 valence electrons. The van der Waals surface area contributed by atoms with Crippen LogP contribution in [-0.4, -0.2) is 31.0 Å². The molecule has 0 aromatic heterocycles. The normalized spacial score (nSPS) is 11.7. The molecule has 25 heavy (non-hydrogen) atoms. The molecule has 0 N–H and O–H groups in total. The van der Waals surface area contributed by atoms with E-state index in [0.717, 1.165) is 5.56 Å². The summed E-state index contributed by atoms with van der Waals surface area (Å²) in [6, 6.07) is 14.9. The summed E-state index contributed by atoms with van der Waals surface area (Å²) < 4.78 is 6.06. The molecule has 0 aliphatic heterocycles. The smallest absolute Gasteiger partial charge is 0.549 e. The molecule has 0 aliphatic rings. The summed E-state index contributed by atoms with van der Waals surface area (Å²) in [4.78, 5) is 12.4. The number of likely N-dealkylation sites (N-methyl/N-ethyl adjacent to an activating group) is 1. The van der Waals surface area contributed by atoms with Gasteiger partial charge in [-0.05, 0) is 24.7 Å². The molecule has 1 atom stereocenters. The fraction of sp³-hybridized carbons (Fsp3) is 0.278. The number of aliphatic carboxylic acids is 1. The Morgan fingerprint density at radius 1 is 1.16 bits per heavy atom. The number of nitrogens with zero attached hydrogens (tertiary/aromatic N) is 1. The van der Waals surface area contributed by atoms with Gasteiger partial charge in [-0.25, -0.2) is 0 Å². The standard InChI is InChI=1S/C18H19Cl2NO3.Li/c1-21(12-18(22)23)10-9-17(13-5-3-2-4-6-13)24-14-7-8-15(19)16(20)11-14;/h2-8,11,17H,9-10,12H2,1H3,(H,22,23);/q;+1/p-1. The molecule has 1 unspecified atom stereocenters. The number of hydrogen-bond donors (Lipinski definition) is 0. The van der Waals surface area contributed by atoms with Crippen LogP contribution in [0.15, 0.2) is 48.5 Å². The summed E-state index contributed by atoms with van der Waals surface area (Å²) in [6.07, 6.45) is 0.390. The third-order valence-electron chi connectivity index (χ3n) is 3.51. The predicted octanol–water partition coefficient (Wildman–Crippen LogP) is 0.189. The van der Waals surface area contributed by atoms with Crippen LogP contribution in [0.4, 0.5) is 0 Å². The van der Waals surface area contributed by atoms with Crippen LogP contribution in [-0.2, 0) is 4.79 Å². The van der Waals surface area contributed by atoms with Crippen LogP contribution >= 0.6 is 23.2 Å². The molecular formula is C18H18Cl2LiNO3. The molecule has 0 aliphatic carbocycles. The first kappa shape index (κ1) is 21.9. The summed E-state index contributed by atoms with van der Waals surface area (Å²) in [5, 5.41) is 11.6. The van der Waals surface area contributed by atoms with Crippen LogP contribution < -0.4 is 28.7 Å². The molecule has 0 saturated heterocycles. The van der Waals surface area contributed by atoms with E-state index < -0.39 is 5.97 Å². The number of carbonyl (C=O) groups excluding carboxylic acids is 1. The Kier molecular flexibility index (Phi) is 9.41. The van der Waals surface area contributed by atoms with Gasteiger partial charge in [-0.2, -0.15) is 0 Å². The third kappa shape index (κ3) is 7.31. The first-order chi connectivity index (χ1) is 11.5. The maximum atomic E-state index is 10.7. The number of halogens is 2. The second-order valence-corrected chi connectivity index (χ2v) is 6.31. The number of hydrogen-bond acceptors (Lipinski definition) is 4. The second kappa shape index (κ2) is 10.8. The number of carboxylic acids is 1. The van der Waals surface area contributed by atoms with Gasteiger partial charge in [0.1, 0.15) is 11.9 Å². The molecular weight excluding hydrogens is 356 g/mol. The number of carboxylic acid groups (broad SMARTS) is 1. The summed E-state index contributed by atoms with van der Waals surface area (Å²) in [7, 11) is 1.73. The van der Waals surface area contributed by atoms with Gasteiger partial charge in [0.25, 0.3) is 0 Å². The minimum atomic E-state index is -1.10. The zero-order valence-electron chi connectivity index (χ0n) is 14.2. The molecule has 0 amide bonds. The fourth-order valence-electron chi connectivity index (χ4n) is 2.31. The van der Waals surface area contributed by atoms with E-state index in [-0.39, 0.29) is 31.5 Å². The van der Waals surface area contributed by atoms with Gasteiger partial charge in [0.15, 0.2) is 0 Å². The van der Waals surface area contributed by atoms with Gasteiger partial charge in [-0.3, -0.25) is 0 Å². The first-order valence-electron chi connectivity index (χ1n) is 7.50. The minimum absolute atomic E-state index is 0. The number of rotatable bonds is 8. The molecule has 2 aromatic rings. The van der Waals surface area contributed by atoms with E-state index in [1.807, 2.05) is 30.3 Å². The Balaban J connectivity index is 0.00000312. The molecule has 0 heterocycles. The van der Waals surface area contributed by atoms with E-state index in [0.29, 0.717) is 28.8 Å². The topological polar surface area (TPSA) is 52.6 Å². The monoisotopic (exact) mass is 373 g/mol. The Hall–Kier alpha value is -1.15. The number of ether oxygens (including phenoxy) is 1. The molecule has 2 rings (SSSR count). The molecule has 0 fully saturated rings. The zero-order chi connectivity index (χ0) is 17.5. The summed E-state index contributed by atoms with van der Waals surface area (Å²) in [5.41, 5.74) is 1.01. The Bertz CT molecular complexity index is 685. The van der Waals surface area contributed by atoms with Crippen molar-refractivity contribution in [3.8, 4) is 5.75 Å². The molecule has 0 spiro atoms. The van der Waals surface area contributed by atoms with Crippen molar-refractivity contribution in [1.29, 1.82) is 0 Å². The van der Waals surface area contributed by atoms with E-state index in [1.165, 1.54) is 0 Å². The van der Waals surface area contributed by atoms with Crippen LogP contribution in [0.3, 0.4) is 0 Å². The third-order valence-corrected chi connectivity index (χ3v) is 4.25. The van der Waals surface area contributed by atoms with Gasteiger partial charge in [0.2, 0.25) is 0 Å². The van der Waals surface area contributed by atoms with Crippen molar-refractivity contribution < 1.29 is 33.5 Å². The summed E-state index contributed by atoms with van der Waals surface area (Å²) >= 11 is 12.0. The van der Waals surface area contributed by atoms with Crippen LogP contribution in [0.1, 0.15) is 18.1 Å². The second-order valence-electron chi connectivity index (χ2n) is 5.49. The SMILES string of the molecule is CN(CCC(Oc1ccc(Cl)c(Cl)c1)c1ccccc1)CC(=O)[O-].[Li+]. The molecule has 0 saturated carbocycles. The van der Waals surface area contributed by atoms with Gasteiger partial charge in [0, 0.05) is 25.6 Å². The van der Waals surface area contributed by atoms with Crippen LogP contribution in [0.25, 0.3) is 0 Å². The fourth-order valence-corrected chi connectivity index (χ4v) is 2.60. The molecule has 2 aromatic carbocycles. The molecule has 0 bridgehead atoms. The van der Waals surface area contributed by atoms with E-state index in [9.17, 15) is 9.90 Å². The van der Waals surface area contributed by atoms with Crippen molar-refractivity contribution in [1.82, 2.24) is 4.90 Å². The maximum Gasteiger partial charge on any atom is 1.00 e. The number of carbonyl (C=O) groups is 1. The van der Waals surface area contributed by atoms with Gasteiger partial charge < -0.3 is 19.5 Å².